The van der Waals surface area contributed by atoms with Crippen LogP contribution in [-0.2, 0) is 10.0 Å². The average molecular weight is 258 g/mol. The predicted molar refractivity (Wildman–Crippen MR) is 66.3 cm³/mol. The molecule has 1 aromatic rings. The van der Waals surface area contributed by atoms with E-state index in [0.717, 1.165) is 19.3 Å². The molecule has 2 N–H and O–H groups in total. The number of anilines is 1. The van der Waals surface area contributed by atoms with Gasteiger partial charge in [-0.05, 0) is 6.42 Å². The van der Waals surface area contributed by atoms with Crippen LogP contribution in [0.1, 0.15) is 26.2 Å². The first-order chi connectivity index (χ1) is 8.10. The molecule has 0 saturated heterocycles. The monoisotopic (exact) mass is 258 g/mol. The van der Waals surface area contributed by atoms with Crippen molar-refractivity contribution in [3.05, 3.63) is 12.4 Å². The molecular weight excluding hydrogens is 240 g/mol. The van der Waals surface area contributed by atoms with E-state index >= 15 is 0 Å². The molecule has 0 saturated carbocycles. The zero-order chi connectivity index (χ0) is 12.7. The van der Waals surface area contributed by atoms with E-state index in [-0.39, 0.29) is 4.90 Å². The molecule has 0 atom stereocenters. The third-order valence-corrected chi connectivity index (χ3v) is 3.65. The molecule has 0 aliphatic heterocycles. The van der Waals surface area contributed by atoms with Crippen LogP contribution >= 0.6 is 0 Å². The summed E-state index contributed by atoms with van der Waals surface area (Å²) in [5.41, 5.74) is 0. The Hall–Kier alpha value is -1.21. The molecule has 0 fully saturated rings. The highest BCUT2D eigenvalue weighted by molar-refractivity contribution is 7.89. The van der Waals surface area contributed by atoms with Crippen molar-refractivity contribution in [1.29, 1.82) is 0 Å². The molecule has 0 aliphatic rings. The molecule has 0 bridgehead atoms. The molecule has 96 valence electrons. The van der Waals surface area contributed by atoms with Crippen molar-refractivity contribution in [1.82, 2.24) is 14.7 Å². The van der Waals surface area contributed by atoms with E-state index in [1.807, 2.05) is 0 Å². The molecule has 7 heteroatoms. The first-order valence-corrected chi connectivity index (χ1v) is 7.08. The molecule has 0 radical (unpaired) electrons. The van der Waals surface area contributed by atoms with Gasteiger partial charge in [0.05, 0.1) is 12.4 Å². The summed E-state index contributed by atoms with van der Waals surface area (Å²) in [6.45, 7) is 2.52. The maximum atomic E-state index is 11.8. The quantitative estimate of drug-likeness (QED) is 0.712. The zero-order valence-electron chi connectivity index (χ0n) is 10.1. The van der Waals surface area contributed by atoms with E-state index < -0.39 is 10.0 Å². The Morgan fingerprint density at radius 2 is 1.88 bits per heavy atom. The standard InChI is InChI=1S/C10H18N4O2S/c1-3-4-5-6-14-17(15,16)9-7-12-10(11-2)13-8-9/h7-8,14H,3-6H2,1-2H3,(H,11,12,13). The van der Waals surface area contributed by atoms with Gasteiger partial charge >= 0.3 is 0 Å². The number of hydrogen-bond acceptors (Lipinski definition) is 5. The summed E-state index contributed by atoms with van der Waals surface area (Å²) in [6, 6.07) is 0. The Balaban J connectivity index is 2.62. The highest BCUT2D eigenvalue weighted by Gasteiger charge is 2.13. The third kappa shape index (κ3) is 4.27. The molecule has 6 nitrogen and oxygen atoms in total. The van der Waals surface area contributed by atoms with E-state index in [1.165, 1.54) is 12.4 Å². The van der Waals surface area contributed by atoms with E-state index in [2.05, 4.69) is 26.9 Å². The third-order valence-electron chi connectivity index (χ3n) is 2.23. The van der Waals surface area contributed by atoms with Gasteiger partial charge in [0.2, 0.25) is 16.0 Å². The van der Waals surface area contributed by atoms with E-state index in [4.69, 9.17) is 0 Å². The molecular formula is C10H18N4O2S. The number of nitrogens with one attached hydrogen (secondary N) is 2. The van der Waals surface area contributed by atoms with Gasteiger partial charge in [0.15, 0.2) is 0 Å². The average Bonchev–Trinajstić information content (AvgIpc) is 2.35. The van der Waals surface area contributed by atoms with Gasteiger partial charge in [-0.15, -0.1) is 0 Å². The fraction of sp³-hybridized carbons (Fsp3) is 0.600. The largest absolute Gasteiger partial charge is 0.357 e. The summed E-state index contributed by atoms with van der Waals surface area (Å²) in [7, 11) is -1.80. The van der Waals surface area contributed by atoms with Crippen LogP contribution in [0.25, 0.3) is 0 Å². The summed E-state index contributed by atoms with van der Waals surface area (Å²) in [5.74, 6) is 0.398. The lowest BCUT2D eigenvalue weighted by molar-refractivity contribution is 0.575. The summed E-state index contributed by atoms with van der Waals surface area (Å²) in [6.07, 6.45) is 5.49. The minimum Gasteiger partial charge on any atom is -0.357 e. The van der Waals surface area contributed by atoms with Crippen molar-refractivity contribution in [3.63, 3.8) is 0 Å². The van der Waals surface area contributed by atoms with Crippen LogP contribution < -0.4 is 10.0 Å². The first-order valence-electron chi connectivity index (χ1n) is 5.59. The Morgan fingerprint density at radius 1 is 1.24 bits per heavy atom. The summed E-state index contributed by atoms with van der Waals surface area (Å²) in [5, 5.41) is 2.73. The number of hydrogen-bond donors (Lipinski definition) is 2. The van der Waals surface area contributed by atoms with E-state index in [0.29, 0.717) is 12.5 Å². The molecule has 17 heavy (non-hydrogen) atoms. The maximum Gasteiger partial charge on any atom is 0.243 e. The van der Waals surface area contributed by atoms with Gasteiger partial charge in [-0.2, -0.15) is 0 Å². The van der Waals surface area contributed by atoms with Gasteiger partial charge in [-0.3, -0.25) is 0 Å². The van der Waals surface area contributed by atoms with Gasteiger partial charge < -0.3 is 5.32 Å². The molecule has 0 aliphatic carbocycles. The van der Waals surface area contributed by atoms with Gasteiger partial charge in [0.25, 0.3) is 0 Å². The maximum absolute atomic E-state index is 11.8. The summed E-state index contributed by atoms with van der Waals surface area (Å²) < 4.78 is 26.1. The smallest absolute Gasteiger partial charge is 0.243 e. The van der Waals surface area contributed by atoms with Crippen LogP contribution in [-0.4, -0.2) is 32.0 Å². The van der Waals surface area contributed by atoms with Crippen LogP contribution in [0.2, 0.25) is 0 Å². The minimum atomic E-state index is -3.47. The highest BCUT2D eigenvalue weighted by atomic mass is 32.2. The Morgan fingerprint density at radius 3 is 2.41 bits per heavy atom. The van der Waals surface area contributed by atoms with Crippen molar-refractivity contribution in [3.8, 4) is 0 Å². The topological polar surface area (TPSA) is 84.0 Å². The van der Waals surface area contributed by atoms with Gasteiger partial charge in [-0.1, -0.05) is 19.8 Å². The number of aromatic nitrogens is 2. The molecule has 0 amide bonds. The fourth-order valence-electron chi connectivity index (χ4n) is 1.25. The number of rotatable bonds is 7. The Bertz CT molecular complexity index is 430. The molecule has 0 unspecified atom stereocenters. The number of nitrogens with zero attached hydrogens (tertiary/aromatic N) is 2. The summed E-state index contributed by atoms with van der Waals surface area (Å²) in [4.78, 5) is 7.82. The SMILES string of the molecule is CCCCCNS(=O)(=O)c1cnc(NC)nc1. The van der Waals surface area contributed by atoms with Crippen molar-refractivity contribution in [2.75, 3.05) is 18.9 Å². The second-order valence-electron chi connectivity index (χ2n) is 3.60. The zero-order valence-corrected chi connectivity index (χ0v) is 10.9. The summed E-state index contributed by atoms with van der Waals surface area (Å²) >= 11 is 0. The van der Waals surface area contributed by atoms with Crippen LogP contribution in [0.15, 0.2) is 17.3 Å². The minimum absolute atomic E-state index is 0.0907. The lowest BCUT2D eigenvalue weighted by Gasteiger charge is -2.06. The van der Waals surface area contributed by atoms with Crippen molar-refractivity contribution >= 4 is 16.0 Å². The van der Waals surface area contributed by atoms with Crippen LogP contribution in [0.4, 0.5) is 5.95 Å². The normalized spacial score (nSPS) is 11.4. The van der Waals surface area contributed by atoms with Crippen molar-refractivity contribution < 1.29 is 8.42 Å². The van der Waals surface area contributed by atoms with Gasteiger partial charge in [0, 0.05) is 13.6 Å². The van der Waals surface area contributed by atoms with Gasteiger partial charge in [0.1, 0.15) is 4.90 Å². The lowest BCUT2D eigenvalue weighted by Crippen LogP contribution is -2.25. The Labute approximate surface area is 102 Å². The molecule has 1 aromatic heterocycles. The van der Waals surface area contributed by atoms with E-state index in [9.17, 15) is 8.42 Å². The second-order valence-corrected chi connectivity index (χ2v) is 5.36. The van der Waals surface area contributed by atoms with Crippen LogP contribution in [0, 0.1) is 0 Å². The van der Waals surface area contributed by atoms with Crippen molar-refractivity contribution in [2.24, 2.45) is 0 Å². The van der Waals surface area contributed by atoms with E-state index in [1.54, 1.807) is 7.05 Å². The van der Waals surface area contributed by atoms with Crippen molar-refractivity contribution in [2.45, 2.75) is 31.1 Å². The first kappa shape index (κ1) is 13.9. The lowest BCUT2D eigenvalue weighted by atomic mass is 10.3. The van der Waals surface area contributed by atoms with Crippen LogP contribution in [0.5, 0.6) is 0 Å². The fourth-order valence-corrected chi connectivity index (χ4v) is 2.21. The molecule has 1 heterocycles. The number of sulfonamides is 1. The molecule has 1 rings (SSSR count). The Kier molecular flexibility index (Phi) is 5.30. The number of unbranched alkanes of at least 4 members (excludes halogenated alkanes) is 2. The highest BCUT2D eigenvalue weighted by Crippen LogP contribution is 2.07. The predicted octanol–water partition coefficient (Wildman–Crippen LogP) is 0.987. The van der Waals surface area contributed by atoms with Crippen LogP contribution in [0.3, 0.4) is 0 Å². The molecule has 0 spiro atoms. The second kappa shape index (κ2) is 6.51. The molecule has 0 aromatic carbocycles. The van der Waals surface area contributed by atoms with Gasteiger partial charge in [-0.25, -0.2) is 23.1 Å².